The molecule has 2 rings (SSSR count). The zero-order valence-corrected chi connectivity index (χ0v) is 10.4. The van der Waals surface area contributed by atoms with Gasteiger partial charge in [0, 0.05) is 16.9 Å². The molecular weight excluding hydrogens is 220 g/mol. The zero-order chi connectivity index (χ0) is 11.8. The van der Waals surface area contributed by atoms with E-state index in [1.807, 2.05) is 12.1 Å². The van der Waals surface area contributed by atoms with Gasteiger partial charge in [-0.25, -0.2) is 0 Å². The average Bonchev–Trinajstić information content (AvgIpc) is 2.28. The molecule has 0 fully saturated rings. The average molecular weight is 236 g/mol. The number of carbonyl (C=O) groups is 1. The Hall–Kier alpha value is -1.00. The molecule has 4 heteroatoms. The van der Waals surface area contributed by atoms with Gasteiger partial charge in [0.25, 0.3) is 0 Å². The smallest absolute Gasteiger partial charge is 0.234 e. The molecule has 1 aromatic rings. The zero-order valence-electron chi connectivity index (χ0n) is 9.54. The summed E-state index contributed by atoms with van der Waals surface area (Å²) in [6, 6.07) is 6.14. The normalized spacial score (nSPS) is 15.6. The summed E-state index contributed by atoms with van der Waals surface area (Å²) in [6.07, 6.45) is 0. The van der Waals surface area contributed by atoms with Gasteiger partial charge in [0.05, 0.1) is 11.4 Å². The van der Waals surface area contributed by atoms with Crippen molar-refractivity contribution in [1.82, 2.24) is 0 Å². The van der Waals surface area contributed by atoms with Crippen LogP contribution in [0.15, 0.2) is 23.1 Å². The van der Waals surface area contributed by atoms with E-state index >= 15 is 0 Å². The summed E-state index contributed by atoms with van der Waals surface area (Å²) in [5, 5.41) is 2.87. The highest BCUT2D eigenvalue weighted by Crippen LogP contribution is 2.35. The molecule has 86 valence electrons. The lowest BCUT2D eigenvalue weighted by Crippen LogP contribution is -2.28. The summed E-state index contributed by atoms with van der Waals surface area (Å²) in [5.41, 5.74) is 7.88. The quantitative estimate of drug-likeness (QED) is 0.825. The fourth-order valence-corrected chi connectivity index (χ4v) is 2.46. The van der Waals surface area contributed by atoms with Gasteiger partial charge < -0.3 is 11.1 Å². The van der Waals surface area contributed by atoms with E-state index in [1.54, 1.807) is 11.8 Å². The molecule has 1 heterocycles. The second-order valence-corrected chi connectivity index (χ2v) is 5.65. The molecule has 1 aliphatic heterocycles. The van der Waals surface area contributed by atoms with Crippen molar-refractivity contribution in [3.05, 3.63) is 23.8 Å². The molecule has 0 aliphatic carbocycles. The lowest BCUT2D eigenvalue weighted by molar-refractivity contribution is -0.113. The molecule has 3 N–H and O–H groups in total. The lowest BCUT2D eigenvalue weighted by Gasteiger charge is -2.25. The number of hydrogen-bond donors (Lipinski definition) is 2. The van der Waals surface area contributed by atoms with Crippen molar-refractivity contribution in [3.8, 4) is 0 Å². The van der Waals surface area contributed by atoms with E-state index in [0.717, 1.165) is 10.6 Å². The predicted octanol–water partition coefficient (Wildman–Crippen LogP) is 1.97. The Morgan fingerprint density at radius 1 is 1.50 bits per heavy atom. The fourth-order valence-electron chi connectivity index (χ4n) is 1.61. The summed E-state index contributed by atoms with van der Waals surface area (Å²) in [6.45, 7) is 4.87. The van der Waals surface area contributed by atoms with Gasteiger partial charge >= 0.3 is 0 Å². The van der Waals surface area contributed by atoms with E-state index in [4.69, 9.17) is 5.73 Å². The van der Waals surface area contributed by atoms with Crippen LogP contribution in [-0.4, -0.2) is 18.2 Å². The van der Waals surface area contributed by atoms with Gasteiger partial charge in [0.15, 0.2) is 0 Å². The van der Waals surface area contributed by atoms with Crippen LogP contribution in [0, 0.1) is 0 Å². The van der Waals surface area contributed by atoms with Crippen LogP contribution >= 0.6 is 11.8 Å². The monoisotopic (exact) mass is 236 g/mol. The molecule has 0 aromatic heterocycles. The van der Waals surface area contributed by atoms with Crippen molar-refractivity contribution in [1.29, 1.82) is 0 Å². The molecule has 0 saturated carbocycles. The van der Waals surface area contributed by atoms with Crippen LogP contribution in [0.4, 0.5) is 5.69 Å². The van der Waals surface area contributed by atoms with E-state index < -0.39 is 0 Å². The first kappa shape index (κ1) is 11.5. The Bertz CT molecular complexity index is 429. The third kappa shape index (κ3) is 2.08. The first-order valence-corrected chi connectivity index (χ1v) is 6.29. The van der Waals surface area contributed by atoms with Gasteiger partial charge in [-0.05, 0) is 17.7 Å². The van der Waals surface area contributed by atoms with E-state index in [2.05, 4.69) is 25.2 Å². The van der Waals surface area contributed by atoms with E-state index in [-0.39, 0.29) is 11.3 Å². The summed E-state index contributed by atoms with van der Waals surface area (Å²) < 4.78 is 0. The van der Waals surface area contributed by atoms with Crippen LogP contribution in [-0.2, 0) is 10.2 Å². The summed E-state index contributed by atoms with van der Waals surface area (Å²) >= 11 is 1.58. The third-order valence-corrected chi connectivity index (χ3v) is 3.96. The SMILES string of the molecule is CC(C)(CN)c1ccc2c(c1)SCC(=O)N2. The maximum absolute atomic E-state index is 11.2. The number of hydrogen-bond acceptors (Lipinski definition) is 3. The van der Waals surface area contributed by atoms with Crippen LogP contribution in [0.2, 0.25) is 0 Å². The van der Waals surface area contributed by atoms with Crippen molar-refractivity contribution in [2.24, 2.45) is 5.73 Å². The van der Waals surface area contributed by atoms with E-state index in [9.17, 15) is 4.79 Å². The molecule has 0 unspecified atom stereocenters. The van der Waals surface area contributed by atoms with Crippen LogP contribution in [0.3, 0.4) is 0 Å². The van der Waals surface area contributed by atoms with Crippen molar-refractivity contribution >= 4 is 23.4 Å². The van der Waals surface area contributed by atoms with Crippen LogP contribution in [0.1, 0.15) is 19.4 Å². The van der Waals surface area contributed by atoms with Crippen LogP contribution < -0.4 is 11.1 Å². The van der Waals surface area contributed by atoms with Crippen LogP contribution in [0.25, 0.3) is 0 Å². The van der Waals surface area contributed by atoms with Crippen molar-refractivity contribution in [3.63, 3.8) is 0 Å². The summed E-state index contributed by atoms with van der Waals surface area (Å²) in [4.78, 5) is 12.3. The molecule has 0 radical (unpaired) electrons. The van der Waals surface area contributed by atoms with Gasteiger partial charge in [-0.2, -0.15) is 0 Å². The van der Waals surface area contributed by atoms with E-state index in [1.165, 1.54) is 5.56 Å². The number of amides is 1. The minimum Gasteiger partial charge on any atom is -0.330 e. The topological polar surface area (TPSA) is 55.1 Å². The third-order valence-electron chi connectivity index (χ3n) is 2.91. The molecule has 3 nitrogen and oxygen atoms in total. The van der Waals surface area contributed by atoms with Gasteiger partial charge in [0.1, 0.15) is 0 Å². The van der Waals surface area contributed by atoms with Gasteiger partial charge in [-0.1, -0.05) is 19.9 Å². The lowest BCUT2D eigenvalue weighted by atomic mass is 9.85. The Labute approximate surface area is 99.8 Å². The number of rotatable bonds is 2. The molecular formula is C12H16N2OS. The minimum atomic E-state index is -0.0168. The van der Waals surface area contributed by atoms with Crippen LogP contribution in [0.5, 0.6) is 0 Å². The molecule has 0 atom stereocenters. The number of fused-ring (bicyclic) bond motifs is 1. The summed E-state index contributed by atoms with van der Waals surface area (Å²) in [7, 11) is 0. The number of benzene rings is 1. The first-order chi connectivity index (χ1) is 7.53. The maximum Gasteiger partial charge on any atom is 0.234 e. The number of thioether (sulfide) groups is 1. The molecule has 1 amide bonds. The highest BCUT2D eigenvalue weighted by atomic mass is 32.2. The molecule has 0 bridgehead atoms. The summed E-state index contributed by atoms with van der Waals surface area (Å²) in [5.74, 6) is 0.572. The minimum absolute atomic E-state index is 0.0168. The maximum atomic E-state index is 11.2. The highest BCUT2D eigenvalue weighted by Gasteiger charge is 2.22. The fraction of sp³-hybridized carbons (Fsp3) is 0.417. The van der Waals surface area contributed by atoms with Gasteiger partial charge in [0.2, 0.25) is 5.91 Å². The Morgan fingerprint density at radius 2 is 2.25 bits per heavy atom. The van der Waals surface area contributed by atoms with Crippen molar-refractivity contribution in [2.75, 3.05) is 17.6 Å². The largest absolute Gasteiger partial charge is 0.330 e. The van der Waals surface area contributed by atoms with E-state index in [0.29, 0.717) is 12.3 Å². The standard InChI is InChI=1S/C12H16N2OS/c1-12(2,7-13)8-3-4-9-10(5-8)16-6-11(15)14-9/h3-5H,6-7,13H2,1-2H3,(H,14,15). The Kier molecular flexibility index (Phi) is 2.95. The second-order valence-electron chi connectivity index (χ2n) is 4.64. The number of nitrogens with one attached hydrogen (secondary N) is 1. The molecule has 0 spiro atoms. The molecule has 0 saturated heterocycles. The Morgan fingerprint density at radius 3 is 2.94 bits per heavy atom. The van der Waals surface area contributed by atoms with Crippen molar-refractivity contribution < 1.29 is 4.79 Å². The van der Waals surface area contributed by atoms with Gasteiger partial charge in [-0.15, -0.1) is 11.8 Å². The molecule has 16 heavy (non-hydrogen) atoms. The number of nitrogens with two attached hydrogens (primary N) is 1. The Balaban J connectivity index is 2.36. The second kappa shape index (κ2) is 4.11. The predicted molar refractivity (Wildman–Crippen MR) is 67.9 cm³/mol. The highest BCUT2D eigenvalue weighted by molar-refractivity contribution is 8.00. The van der Waals surface area contributed by atoms with Crippen molar-refractivity contribution in [2.45, 2.75) is 24.2 Å². The van der Waals surface area contributed by atoms with Gasteiger partial charge in [-0.3, -0.25) is 4.79 Å². The molecule has 1 aliphatic rings. The first-order valence-electron chi connectivity index (χ1n) is 5.30. The number of carbonyl (C=O) groups excluding carboxylic acids is 1. The molecule has 1 aromatic carbocycles. The number of anilines is 1.